The van der Waals surface area contributed by atoms with Crippen molar-refractivity contribution in [2.24, 2.45) is 5.92 Å². The Hall–Kier alpha value is -2.99. The first kappa shape index (κ1) is 27.6. The molecule has 0 aromatic heterocycles. The molecule has 0 aliphatic carbocycles. The van der Waals surface area contributed by atoms with Crippen molar-refractivity contribution in [3.05, 3.63) is 59.2 Å². The van der Waals surface area contributed by atoms with Gasteiger partial charge in [0, 0.05) is 18.2 Å². The number of methoxy groups -OCH3 is 3. The fourth-order valence-electron chi connectivity index (χ4n) is 5.15. The number of carbonyl (C=O) groups excluding carboxylic acids is 1. The smallest absolute Gasteiger partial charge is 0.254 e. The van der Waals surface area contributed by atoms with E-state index in [4.69, 9.17) is 14.2 Å². The minimum atomic E-state index is -0.00491. The molecule has 1 atom stereocenters. The molecule has 1 amide bonds. The van der Waals surface area contributed by atoms with E-state index >= 15 is 0 Å². The molecule has 36 heavy (non-hydrogen) atoms. The second-order valence-corrected chi connectivity index (χ2v) is 9.55. The van der Waals surface area contributed by atoms with Crippen molar-refractivity contribution in [2.45, 2.75) is 52.0 Å². The van der Waals surface area contributed by atoms with E-state index < -0.39 is 0 Å². The summed E-state index contributed by atoms with van der Waals surface area (Å²) in [6.45, 7) is 6.90. The molecule has 6 nitrogen and oxygen atoms in total. The molecule has 0 bridgehead atoms. The lowest BCUT2D eigenvalue weighted by Crippen LogP contribution is -2.48. The van der Waals surface area contributed by atoms with Gasteiger partial charge in [-0.25, -0.2) is 0 Å². The summed E-state index contributed by atoms with van der Waals surface area (Å²) in [5.41, 5.74) is 2.84. The number of carbonyl (C=O) groups is 1. The van der Waals surface area contributed by atoms with E-state index in [1.165, 1.54) is 0 Å². The zero-order chi connectivity index (χ0) is 25.9. The van der Waals surface area contributed by atoms with Crippen molar-refractivity contribution >= 4 is 12.0 Å². The second kappa shape index (κ2) is 13.9. The number of nitrogens with one attached hydrogen (secondary N) is 1. The highest BCUT2D eigenvalue weighted by Gasteiger charge is 2.33. The van der Waals surface area contributed by atoms with Crippen LogP contribution in [0.5, 0.6) is 17.2 Å². The van der Waals surface area contributed by atoms with E-state index in [1.54, 1.807) is 33.5 Å². The van der Waals surface area contributed by atoms with E-state index in [1.807, 2.05) is 18.2 Å². The highest BCUT2D eigenvalue weighted by molar-refractivity contribution is 5.96. The molecule has 3 rings (SSSR count). The molecule has 2 aromatic rings. The Labute approximate surface area is 216 Å². The van der Waals surface area contributed by atoms with E-state index in [-0.39, 0.29) is 11.9 Å². The number of piperidine rings is 1. The normalized spacial score (nSPS) is 15.3. The predicted octanol–water partition coefficient (Wildman–Crippen LogP) is 5.82. The third-order valence-corrected chi connectivity index (χ3v) is 6.99. The molecule has 196 valence electrons. The van der Waals surface area contributed by atoms with Gasteiger partial charge in [0.25, 0.3) is 5.91 Å². The number of unbranched alkanes of at least 4 members (excludes halogenated alkanes) is 1. The molecule has 2 aromatic carbocycles. The van der Waals surface area contributed by atoms with Gasteiger partial charge in [0.2, 0.25) is 5.75 Å². The molecule has 0 radical (unpaired) electrons. The summed E-state index contributed by atoms with van der Waals surface area (Å²) in [4.78, 5) is 16.3. The number of amides is 1. The SMILES string of the molecule is CCCCC(C1CCNCC1)N(C/C(C)=C/c1ccccc1)C(=O)c1cc(OC)c(OC)c(OC)c1. The molecule has 1 aliphatic rings. The van der Waals surface area contributed by atoms with Gasteiger partial charge in [0.15, 0.2) is 11.5 Å². The predicted molar refractivity (Wildman–Crippen MR) is 146 cm³/mol. The molecule has 1 unspecified atom stereocenters. The summed E-state index contributed by atoms with van der Waals surface area (Å²) in [5.74, 6) is 1.93. The van der Waals surface area contributed by atoms with Crippen LogP contribution >= 0.6 is 0 Å². The van der Waals surface area contributed by atoms with Crippen LogP contribution in [0.2, 0.25) is 0 Å². The Bertz CT molecular complexity index is 974. The maximum absolute atomic E-state index is 14.2. The van der Waals surface area contributed by atoms with Gasteiger partial charge in [0.1, 0.15) is 0 Å². The monoisotopic (exact) mass is 494 g/mol. The quantitative estimate of drug-likeness (QED) is 0.403. The Kier molecular flexibility index (Phi) is 10.7. The standard InChI is InChI=1S/C30H42N2O4/c1-6-7-13-26(24-14-16-31-17-15-24)32(21-22(2)18-23-11-9-8-10-12-23)30(33)25-19-27(34-3)29(36-5)28(20-25)35-4/h8-12,18-20,24,26,31H,6-7,13-17,21H2,1-5H3/b22-18+. The van der Waals surface area contributed by atoms with Gasteiger partial charge in [-0.3, -0.25) is 4.79 Å². The topological polar surface area (TPSA) is 60.0 Å². The van der Waals surface area contributed by atoms with Crippen molar-refractivity contribution < 1.29 is 19.0 Å². The van der Waals surface area contributed by atoms with Crippen molar-refractivity contribution in [1.82, 2.24) is 10.2 Å². The lowest BCUT2D eigenvalue weighted by Gasteiger charge is -2.39. The van der Waals surface area contributed by atoms with Crippen molar-refractivity contribution in [2.75, 3.05) is 41.0 Å². The van der Waals surface area contributed by atoms with Gasteiger partial charge in [-0.1, -0.05) is 61.7 Å². The Morgan fingerprint density at radius 3 is 2.25 bits per heavy atom. The first-order chi connectivity index (χ1) is 17.5. The van der Waals surface area contributed by atoms with Crippen LogP contribution in [-0.4, -0.2) is 57.8 Å². The number of nitrogens with zero attached hydrogens (tertiary/aromatic N) is 1. The van der Waals surface area contributed by atoms with Crippen molar-refractivity contribution in [1.29, 1.82) is 0 Å². The van der Waals surface area contributed by atoms with Crippen LogP contribution in [0, 0.1) is 5.92 Å². The third kappa shape index (κ3) is 7.03. The van der Waals surface area contributed by atoms with Crippen molar-refractivity contribution in [3.63, 3.8) is 0 Å². The van der Waals surface area contributed by atoms with E-state index in [0.717, 1.165) is 56.3 Å². The first-order valence-electron chi connectivity index (χ1n) is 13.1. The van der Waals surface area contributed by atoms with Gasteiger partial charge in [-0.05, 0) is 62.9 Å². The summed E-state index contributed by atoms with van der Waals surface area (Å²) in [5, 5.41) is 3.48. The maximum atomic E-state index is 14.2. The highest BCUT2D eigenvalue weighted by atomic mass is 16.5. The van der Waals surface area contributed by atoms with Crippen LogP contribution in [0.3, 0.4) is 0 Å². The number of benzene rings is 2. The van der Waals surface area contributed by atoms with Gasteiger partial charge in [-0.2, -0.15) is 0 Å². The summed E-state index contributed by atoms with van der Waals surface area (Å²) >= 11 is 0. The lowest BCUT2D eigenvalue weighted by molar-refractivity contribution is 0.0581. The van der Waals surface area contributed by atoms with Crippen LogP contribution in [0.25, 0.3) is 6.08 Å². The summed E-state index contributed by atoms with van der Waals surface area (Å²) in [6, 6.07) is 14.0. The number of hydrogen-bond acceptors (Lipinski definition) is 5. The van der Waals surface area contributed by atoms with Gasteiger partial charge in [-0.15, -0.1) is 0 Å². The van der Waals surface area contributed by atoms with Crippen molar-refractivity contribution in [3.8, 4) is 17.2 Å². The molecule has 1 fully saturated rings. The van der Waals surface area contributed by atoms with Crippen LogP contribution in [-0.2, 0) is 0 Å². The number of hydrogen-bond donors (Lipinski definition) is 1. The van der Waals surface area contributed by atoms with Gasteiger partial charge < -0.3 is 24.4 Å². The molecule has 1 heterocycles. The maximum Gasteiger partial charge on any atom is 0.254 e. The molecule has 0 saturated carbocycles. The average Bonchev–Trinajstić information content (AvgIpc) is 2.92. The molecular formula is C30H42N2O4. The minimum absolute atomic E-state index is 0.00491. The highest BCUT2D eigenvalue weighted by Crippen LogP contribution is 2.39. The Balaban J connectivity index is 2.03. The fraction of sp³-hybridized carbons (Fsp3) is 0.500. The van der Waals surface area contributed by atoms with Gasteiger partial charge >= 0.3 is 0 Å². The van der Waals surface area contributed by atoms with Crippen LogP contribution < -0.4 is 19.5 Å². The van der Waals surface area contributed by atoms with Crippen LogP contribution in [0.15, 0.2) is 48.0 Å². The zero-order valence-corrected chi connectivity index (χ0v) is 22.5. The number of rotatable bonds is 12. The molecule has 0 spiro atoms. The summed E-state index contributed by atoms with van der Waals surface area (Å²) < 4.78 is 16.6. The number of ether oxygens (including phenoxy) is 3. The summed E-state index contributed by atoms with van der Waals surface area (Å²) in [7, 11) is 4.73. The Morgan fingerprint density at radius 2 is 1.69 bits per heavy atom. The lowest BCUT2D eigenvalue weighted by atomic mass is 9.85. The van der Waals surface area contributed by atoms with Crippen LogP contribution in [0.4, 0.5) is 0 Å². The Morgan fingerprint density at radius 1 is 1.06 bits per heavy atom. The molecule has 1 aliphatic heterocycles. The van der Waals surface area contributed by atoms with Gasteiger partial charge in [0.05, 0.1) is 21.3 Å². The van der Waals surface area contributed by atoms with E-state index in [9.17, 15) is 4.79 Å². The average molecular weight is 495 g/mol. The summed E-state index contributed by atoms with van der Waals surface area (Å²) in [6.07, 6.45) is 7.52. The minimum Gasteiger partial charge on any atom is -0.493 e. The molecule has 6 heteroatoms. The molecule has 1 N–H and O–H groups in total. The van der Waals surface area contributed by atoms with E-state index in [0.29, 0.717) is 35.3 Å². The second-order valence-electron chi connectivity index (χ2n) is 9.55. The molecular weight excluding hydrogens is 452 g/mol. The fourth-order valence-corrected chi connectivity index (χ4v) is 5.15. The largest absolute Gasteiger partial charge is 0.493 e. The molecule has 1 saturated heterocycles. The third-order valence-electron chi connectivity index (χ3n) is 6.99. The first-order valence-corrected chi connectivity index (χ1v) is 13.1. The zero-order valence-electron chi connectivity index (χ0n) is 22.5. The van der Waals surface area contributed by atoms with Crippen LogP contribution in [0.1, 0.15) is 61.9 Å². The van der Waals surface area contributed by atoms with E-state index in [2.05, 4.69) is 42.3 Å².